The number of hydrogen-bond donors (Lipinski definition) is 1. The van der Waals surface area contributed by atoms with Crippen LogP contribution < -0.4 is 5.32 Å². The van der Waals surface area contributed by atoms with E-state index in [2.05, 4.69) is 60.4 Å². The van der Waals surface area contributed by atoms with Gasteiger partial charge in [0.25, 0.3) is 0 Å². The van der Waals surface area contributed by atoms with Gasteiger partial charge in [-0.15, -0.1) is 0 Å². The van der Waals surface area contributed by atoms with E-state index in [1.165, 1.54) is 11.1 Å². The fourth-order valence-corrected chi connectivity index (χ4v) is 2.36. The molecule has 1 aromatic carbocycles. The summed E-state index contributed by atoms with van der Waals surface area (Å²) < 4.78 is 0. The van der Waals surface area contributed by atoms with Gasteiger partial charge in [-0.25, -0.2) is 4.98 Å². The lowest BCUT2D eigenvalue weighted by Gasteiger charge is -2.17. The van der Waals surface area contributed by atoms with Crippen molar-refractivity contribution in [3.8, 4) is 0 Å². The maximum atomic E-state index is 6.25. The maximum absolute atomic E-state index is 6.25. The fourth-order valence-electron chi connectivity index (χ4n) is 2.19. The van der Waals surface area contributed by atoms with Crippen LogP contribution in [-0.2, 0) is 13.1 Å². The molecule has 2 rings (SSSR count). The number of nitrogens with zero attached hydrogens (tertiary/aromatic N) is 2. The SMILES string of the molecule is CCNc1ccc(Cl)c(CN(C)Cc2ccc(C)cc2)n1. The normalized spacial score (nSPS) is 10.9. The van der Waals surface area contributed by atoms with E-state index in [4.69, 9.17) is 11.6 Å². The first-order chi connectivity index (χ1) is 10.1. The minimum Gasteiger partial charge on any atom is -0.370 e. The monoisotopic (exact) mass is 303 g/mol. The van der Waals surface area contributed by atoms with Gasteiger partial charge in [0.15, 0.2) is 0 Å². The first kappa shape index (κ1) is 15.8. The zero-order valence-corrected chi connectivity index (χ0v) is 13.6. The van der Waals surface area contributed by atoms with E-state index in [1.54, 1.807) is 0 Å². The van der Waals surface area contributed by atoms with Gasteiger partial charge in [0.2, 0.25) is 0 Å². The highest BCUT2D eigenvalue weighted by atomic mass is 35.5. The summed E-state index contributed by atoms with van der Waals surface area (Å²) in [5.74, 6) is 0.876. The smallest absolute Gasteiger partial charge is 0.126 e. The Morgan fingerprint density at radius 1 is 1.10 bits per heavy atom. The van der Waals surface area contributed by atoms with Crippen molar-refractivity contribution in [2.24, 2.45) is 0 Å². The van der Waals surface area contributed by atoms with E-state index >= 15 is 0 Å². The first-order valence-electron chi connectivity index (χ1n) is 7.22. The number of nitrogens with one attached hydrogen (secondary N) is 1. The van der Waals surface area contributed by atoms with Crippen LogP contribution in [0, 0.1) is 6.92 Å². The molecule has 1 N–H and O–H groups in total. The van der Waals surface area contributed by atoms with Gasteiger partial charge in [0, 0.05) is 19.6 Å². The van der Waals surface area contributed by atoms with E-state index in [-0.39, 0.29) is 0 Å². The molecule has 112 valence electrons. The average Bonchev–Trinajstić information content (AvgIpc) is 2.45. The molecule has 3 nitrogen and oxygen atoms in total. The van der Waals surface area contributed by atoms with Gasteiger partial charge in [0.1, 0.15) is 5.82 Å². The van der Waals surface area contributed by atoms with Crippen LogP contribution in [0.5, 0.6) is 0 Å². The molecule has 1 aromatic heterocycles. The van der Waals surface area contributed by atoms with Crippen LogP contribution >= 0.6 is 11.6 Å². The Labute approximate surface area is 132 Å². The number of pyridine rings is 1. The largest absolute Gasteiger partial charge is 0.370 e. The minimum absolute atomic E-state index is 0.715. The molecule has 0 saturated carbocycles. The van der Waals surface area contributed by atoms with Gasteiger partial charge < -0.3 is 5.32 Å². The van der Waals surface area contributed by atoms with E-state index in [1.807, 2.05) is 12.1 Å². The molecule has 0 spiro atoms. The van der Waals surface area contributed by atoms with Crippen molar-refractivity contribution in [2.45, 2.75) is 26.9 Å². The van der Waals surface area contributed by atoms with E-state index in [0.717, 1.165) is 31.1 Å². The van der Waals surface area contributed by atoms with Crippen molar-refractivity contribution in [1.29, 1.82) is 0 Å². The molecule has 0 aliphatic heterocycles. The highest BCUT2D eigenvalue weighted by Crippen LogP contribution is 2.19. The summed E-state index contributed by atoms with van der Waals surface area (Å²) in [5.41, 5.74) is 3.48. The summed E-state index contributed by atoms with van der Waals surface area (Å²) in [6, 6.07) is 12.4. The van der Waals surface area contributed by atoms with Crippen LogP contribution in [0.1, 0.15) is 23.7 Å². The van der Waals surface area contributed by atoms with Gasteiger partial charge in [-0.3, -0.25) is 4.90 Å². The van der Waals surface area contributed by atoms with Crippen molar-refractivity contribution in [3.05, 3.63) is 58.2 Å². The van der Waals surface area contributed by atoms with Crippen molar-refractivity contribution in [2.75, 3.05) is 18.9 Å². The minimum atomic E-state index is 0.715. The second kappa shape index (κ2) is 7.43. The van der Waals surface area contributed by atoms with Crippen LogP contribution in [-0.4, -0.2) is 23.5 Å². The molecule has 0 fully saturated rings. The number of halogens is 1. The van der Waals surface area contributed by atoms with Crippen molar-refractivity contribution < 1.29 is 0 Å². The molecular formula is C17H22ClN3. The quantitative estimate of drug-likeness (QED) is 0.870. The Balaban J connectivity index is 2.03. The number of anilines is 1. The maximum Gasteiger partial charge on any atom is 0.126 e. The Bertz CT molecular complexity index is 581. The highest BCUT2D eigenvalue weighted by Gasteiger charge is 2.08. The van der Waals surface area contributed by atoms with Gasteiger partial charge in [0.05, 0.1) is 10.7 Å². The summed E-state index contributed by atoms with van der Waals surface area (Å²) in [7, 11) is 2.08. The van der Waals surface area contributed by atoms with Crippen LogP contribution in [0.3, 0.4) is 0 Å². The molecule has 0 amide bonds. The summed E-state index contributed by atoms with van der Waals surface area (Å²) in [6.07, 6.45) is 0. The molecule has 0 unspecified atom stereocenters. The lowest BCUT2D eigenvalue weighted by atomic mass is 10.1. The van der Waals surface area contributed by atoms with Gasteiger partial charge >= 0.3 is 0 Å². The number of aryl methyl sites for hydroxylation is 1. The van der Waals surface area contributed by atoms with Crippen LogP contribution in [0.15, 0.2) is 36.4 Å². The van der Waals surface area contributed by atoms with Crippen molar-refractivity contribution in [1.82, 2.24) is 9.88 Å². The Morgan fingerprint density at radius 3 is 2.48 bits per heavy atom. The predicted octanol–water partition coefficient (Wildman–Crippen LogP) is 4.11. The summed E-state index contributed by atoms with van der Waals surface area (Å²) in [4.78, 5) is 6.79. The third-order valence-corrected chi connectivity index (χ3v) is 3.61. The number of rotatable bonds is 6. The average molecular weight is 304 g/mol. The Kier molecular flexibility index (Phi) is 5.59. The lowest BCUT2D eigenvalue weighted by Crippen LogP contribution is -2.18. The lowest BCUT2D eigenvalue weighted by molar-refractivity contribution is 0.315. The van der Waals surface area contributed by atoms with Crippen molar-refractivity contribution in [3.63, 3.8) is 0 Å². The van der Waals surface area contributed by atoms with E-state index in [0.29, 0.717) is 5.02 Å². The number of hydrogen-bond acceptors (Lipinski definition) is 3. The van der Waals surface area contributed by atoms with Crippen LogP contribution in [0.4, 0.5) is 5.82 Å². The molecule has 0 aliphatic carbocycles. The first-order valence-corrected chi connectivity index (χ1v) is 7.59. The second-order valence-electron chi connectivity index (χ2n) is 5.31. The molecule has 2 aromatic rings. The molecule has 4 heteroatoms. The summed E-state index contributed by atoms with van der Waals surface area (Å²) in [6.45, 7) is 6.62. The third-order valence-electron chi connectivity index (χ3n) is 3.27. The summed E-state index contributed by atoms with van der Waals surface area (Å²) >= 11 is 6.25. The molecule has 21 heavy (non-hydrogen) atoms. The predicted molar refractivity (Wildman–Crippen MR) is 89.8 cm³/mol. The molecule has 0 bridgehead atoms. The molecule has 0 radical (unpaired) electrons. The topological polar surface area (TPSA) is 28.2 Å². The summed E-state index contributed by atoms with van der Waals surface area (Å²) in [5, 5.41) is 3.93. The Morgan fingerprint density at radius 2 is 1.81 bits per heavy atom. The molecule has 0 aliphatic rings. The van der Waals surface area contributed by atoms with Crippen LogP contribution in [0.2, 0.25) is 5.02 Å². The van der Waals surface area contributed by atoms with Crippen molar-refractivity contribution >= 4 is 17.4 Å². The van der Waals surface area contributed by atoms with Gasteiger partial charge in [-0.05, 0) is 38.6 Å². The highest BCUT2D eigenvalue weighted by molar-refractivity contribution is 6.31. The van der Waals surface area contributed by atoms with Gasteiger partial charge in [-0.2, -0.15) is 0 Å². The fraction of sp³-hybridized carbons (Fsp3) is 0.353. The molecule has 0 saturated heterocycles. The van der Waals surface area contributed by atoms with Gasteiger partial charge in [-0.1, -0.05) is 41.4 Å². The number of benzene rings is 1. The second-order valence-corrected chi connectivity index (χ2v) is 5.72. The molecular weight excluding hydrogens is 282 g/mol. The molecule has 1 heterocycles. The van der Waals surface area contributed by atoms with E-state index < -0.39 is 0 Å². The number of aromatic nitrogens is 1. The Hall–Kier alpha value is -1.58. The third kappa shape index (κ3) is 4.73. The zero-order chi connectivity index (χ0) is 15.2. The van der Waals surface area contributed by atoms with E-state index in [9.17, 15) is 0 Å². The zero-order valence-electron chi connectivity index (χ0n) is 12.9. The molecule has 0 atom stereocenters. The standard InChI is InChI=1S/C17H22ClN3/c1-4-19-17-10-9-15(18)16(20-17)12-21(3)11-14-7-5-13(2)6-8-14/h5-10H,4,11-12H2,1-3H3,(H,19,20). The van der Waals surface area contributed by atoms with Crippen LogP contribution in [0.25, 0.3) is 0 Å².